The number of nitrogens with one attached hydrogen (secondary N) is 1. The lowest BCUT2D eigenvalue weighted by atomic mass is 9.92. The van der Waals surface area contributed by atoms with Crippen LogP contribution in [0.15, 0.2) is 35.8 Å². The highest BCUT2D eigenvalue weighted by atomic mass is 32.1. The van der Waals surface area contributed by atoms with Crippen molar-refractivity contribution < 1.29 is 5.11 Å². The lowest BCUT2D eigenvalue weighted by Crippen LogP contribution is -2.36. The van der Waals surface area contributed by atoms with Gasteiger partial charge in [0.05, 0.1) is 17.5 Å². The van der Waals surface area contributed by atoms with Crippen molar-refractivity contribution in [2.24, 2.45) is 0 Å². The summed E-state index contributed by atoms with van der Waals surface area (Å²) >= 11 is 1.59. The number of aromatic nitrogens is 3. The fourth-order valence-corrected chi connectivity index (χ4v) is 3.79. The highest BCUT2D eigenvalue weighted by Gasteiger charge is 2.24. The Morgan fingerprint density at radius 1 is 1.13 bits per heavy atom. The summed E-state index contributed by atoms with van der Waals surface area (Å²) in [5, 5.41) is 16.7. The number of aliphatic hydroxyl groups excluding tert-OH is 1. The third-order valence-electron chi connectivity index (χ3n) is 4.27. The minimum atomic E-state index is -0.314. The number of hydrogen-bond donors (Lipinski definition) is 2. The van der Waals surface area contributed by atoms with E-state index in [1.165, 1.54) is 0 Å². The summed E-state index contributed by atoms with van der Waals surface area (Å²) in [5.41, 5.74) is 0.759. The molecule has 1 aliphatic carbocycles. The zero-order valence-electron chi connectivity index (χ0n) is 12.6. The van der Waals surface area contributed by atoms with Crippen molar-refractivity contribution in [1.29, 1.82) is 0 Å². The van der Waals surface area contributed by atoms with Crippen molar-refractivity contribution in [2.75, 3.05) is 5.32 Å². The van der Waals surface area contributed by atoms with E-state index in [0.29, 0.717) is 5.82 Å². The van der Waals surface area contributed by atoms with Gasteiger partial charge < -0.3 is 10.4 Å². The molecule has 4 rings (SSSR count). The van der Waals surface area contributed by atoms with E-state index < -0.39 is 0 Å². The zero-order valence-corrected chi connectivity index (χ0v) is 13.5. The molecule has 3 aromatic rings. The second kappa shape index (κ2) is 6.22. The Morgan fingerprint density at radius 3 is 2.87 bits per heavy atom. The van der Waals surface area contributed by atoms with Crippen molar-refractivity contribution in [2.45, 2.75) is 37.8 Å². The van der Waals surface area contributed by atoms with Crippen molar-refractivity contribution >= 4 is 27.4 Å². The normalized spacial score (nSPS) is 21.4. The van der Waals surface area contributed by atoms with Gasteiger partial charge in [-0.05, 0) is 36.4 Å². The van der Waals surface area contributed by atoms with E-state index >= 15 is 0 Å². The van der Waals surface area contributed by atoms with Crippen LogP contribution in [0.25, 0.3) is 21.7 Å². The van der Waals surface area contributed by atoms with Crippen molar-refractivity contribution in [3.8, 4) is 11.5 Å². The second-order valence-corrected chi connectivity index (χ2v) is 6.75. The molecular formula is C17H18N4OS. The fourth-order valence-electron chi connectivity index (χ4n) is 3.03. The summed E-state index contributed by atoms with van der Waals surface area (Å²) in [6, 6.07) is 7.80. The molecule has 0 aliphatic heterocycles. The van der Waals surface area contributed by atoms with Crippen LogP contribution in [0.5, 0.6) is 0 Å². The van der Waals surface area contributed by atoms with E-state index in [4.69, 9.17) is 0 Å². The topological polar surface area (TPSA) is 70.9 Å². The van der Waals surface area contributed by atoms with Gasteiger partial charge >= 0.3 is 0 Å². The summed E-state index contributed by atoms with van der Waals surface area (Å²) in [6.07, 6.45) is 5.48. The molecule has 1 fully saturated rings. The van der Waals surface area contributed by atoms with Gasteiger partial charge in [0.2, 0.25) is 0 Å². The van der Waals surface area contributed by atoms with Gasteiger partial charge in [-0.25, -0.2) is 9.97 Å². The Bertz CT molecular complexity index is 805. The Labute approximate surface area is 138 Å². The van der Waals surface area contributed by atoms with E-state index in [-0.39, 0.29) is 12.1 Å². The maximum absolute atomic E-state index is 10.2. The standard InChI is InChI=1S/C17H18N4OS/c22-14-7-2-1-5-12(14)19-15-11-8-10-23-17(11)21-16(20-15)13-6-3-4-9-18-13/h3-4,6,8-10,12,14,22H,1-2,5,7H2,(H,19,20,21)/t12-,14-/m0/s1. The van der Waals surface area contributed by atoms with Gasteiger partial charge in [0.1, 0.15) is 16.3 Å². The monoisotopic (exact) mass is 326 g/mol. The molecule has 6 heteroatoms. The van der Waals surface area contributed by atoms with Crippen LogP contribution in [0.1, 0.15) is 25.7 Å². The van der Waals surface area contributed by atoms with Gasteiger partial charge in [-0.2, -0.15) is 0 Å². The van der Waals surface area contributed by atoms with E-state index in [1.807, 2.05) is 29.6 Å². The number of pyridine rings is 1. The molecule has 3 heterocycles. The van der Waals surface area contributed by atoms with E-state index in [0.717, 1.165) is 47.4 Å². The first-order valence-electron chi connectivity index (χ1n) is 7.92. The van der Waals surface area contributed by atoms with Crippen molar-refractivity contribution in [3.05, 3.63) is 35.8 Å². The molecule has 1 aliphatic rings. The van der Waals surface area contributed by atoms with Gasteiger partial charge in [0, 0.05) is 6.20 Å². The van der Waals surface area contributed by atoms with Crippen LogP contribution in [-0.2, 0) is 0 Å². The first-order valence-corrected chi connectivity index (χ1v) is 8.80. The second-order valence-electron chi connectivity index (χ2n) is 5.85. The first-order chi connectivity index (χ1) is 11.3. The maximum atomic E-state index is 10.2. The Kier molecular flexibility index (Phi) is 3.93. The molecule has 0 aromatic carbocycles. The SMILES string of the molecule is O[C@H]1CCCC[C@@H]1Nc1nc(-c2ccccn2)nc2sccc12. The number of thiophene rings is 1. The fraction of sp³-hybridized carbons (Fsp3) is 0.353. The summed E-state index contributed by atoms with van der Waals surface area (Å²) in [7, 11) is 0. The van der Waals surface area contributed by atoms with Crippen LogP contribution >= 0.6 is 11.3 Å². The molecule has 1 saturated carbocycles. The number of aliphatic hydroxyl groups is 1. The molecule has 0 amide bonds. The summed E-state index contributed by atoms with van der Waals surface area (Å²) < 4.78 is 0. The molecule has 3 aromatic heterocycles. The zero-order chi connectivity index (χ0) is 15.6. The molecule has 118 valence electrons. The summed E-state index contributed by atoms with van der Waals surface area (Å²) in [4.78, 5) is 14.6. The van der Waals surface area contributed by atoms with Gasteiger partial charge in [-0.1, -0.05) is 18.9 Å². The van der Waals surface area contributed by atoms with Gasteiger partial charge in [-0.3, -0.25) is 4.98 Å². The lowest BCUT2D eigenvalue weighted by Gasteiger charge is -2.29. The van der Waals surface area contributed by atoms with Crippen molar-refractivity contribution in [1.82, 2.24) is 15.0 Å². The lowest BCUT2D eigenvalue weighted by molar-refractivity contribution is 0.116. The molecule has 0 saturated heterocycles. The first kappa shape index (κ1) is 14.5. The predicted octanol–water partition coefficient (Wildman–Crippen LogP) is 3.47. The molecule has 0 unspecified atom stereocenters. The number of hydrogen-bond acceptors (Lipinski definition) is 6. The number of fused-ring (bicyclic) bond motifs is 1. The smallest absolute Gasteiger partial charge is 0.181 e. The molecule has 23 heavy (non-hydrogen) atoms. The van der Waals surface area contributed by atoms with Crippen LogP contribution < -0.4 is 5.32 Å². The highest BCUT2D eigenvalue weighted by molar-refractivity contribution is 7.16. The number of nitrogens with zero attached hydrogens (tertiary/aromatic N) is 3. The van der Waals surface area contributed by atoms with Crippen LogP contribution in [-0.4, -0.2) is 32.2 Å². The Morgan fingerprint density at radius 2 is 2.04 bits per heavy atom. The number of rotatable bonds is 3. The Hall–Kier alpha value is -2.05. The van der Waals surface area contributed by atoms with Gasteiger partial charge in [0.25, 0.3) is 0 Å². The average Bonchev–Trinajstić information content (AvgIpc) is 3.06. The molecule has 0 radical (unpaired) electrons. The quantitative estimate of drug-likeness (QED) is 0.771. The molecule has 2 N–H and O–H groups in total. The van der Waals surface area contributed by atoms with E-state index in [2.05, 4.69) is 20.3 Å². The largest absolute Gasteiger partial charge is 0.391 e. The Balaban J connectivity index is 1.74. The summed E-state index contributed by atoms with van der Waals surface area (Å²) in [5.74, 6) is 1.41. The highest BCUT2D eigenvalue weighted by Crippen LogP contribution is 2.30. The average molecular weight is 326 g/mol. The molecular weight excluding hydrogens is 308 g/mol. The van der Waals surface area contributed by atoms with Crippen LogP contribution in [0.2, 0.25) is 0 Å². The maximum Gasteiger partial charge on any atom is 0.181 e. The van der Waals surface area contributed by atoms with E-state index in [9.17, 15) is 5.11 Å². The minimum Gasteiger partial charge on any atom is -0.391 e. The van der Waals surface area contributed by atoms with Gasteiger partial charge in [-0.15, -0.1) is 11.3 Å². The van der Waals surface area contributed by atoms with Crippen molar-refractivity contribution in [3.63, 3.8) is 0 Å². The number of anilines is 1. The molecule has 5 nitrogen and oxygen atoms in total. The minimum absolute atomic E-state index is 0.0540. The molecule has 0 bridgehead atoms. The predicted molar refractivity (Wildman–Crippen MR) is 92.5 cm³/mol. The van der Waals surface area contributed by atoms with E-state index in [1.54, 1.807) is 17.5 Å². The third-order valence-corrected chi connectivity index (χ3v) is 5.08. The van der Waals surface area contributed by atoms with Gasteiger partial charge in [0.15, 0.2) is 5.82 Å². The molecule has 2 atom stereocenters. The summed E-state index contributed by atoms with van der Waals surface area (Å²) in [6.45, 7) is 0. The van der Waals surface area contributed by atoms with Crippen LogP contribution in [0.4, 0.5) is 5.82 Å². The molecule has 0 spiro atoms. The van der Waals surface area contributed by atoms with Crippen LogP contribution in [0, 0.1) is 0 Å². The third kappa shape index (κ3) is 2.92. The van der Waals surface area contributed by atoms with Crippen LogP contribution in [0.3, 0.4) is 0 Å².